The number of carbonyl (C=O) groups excluding carboxylic acids is 1. The van der Waals surface area contributed by atoms with Crippen molar-refractivity contribution in [2.75, 3.05) is 6.54 Å². The molecule has 0 fully saturated rings. The van der Waals surface area contributed by atoms with Crippen LogP contribution in [0.3, 0.4) is 0 Å². The molecular weight excluding hydrogens is 224 g/mol. The van der Waals surface area contributed by atoms with Crippen molar-refractivity contribution >= 4 is 16.8 Å². The summed E-state index contributed by atoms with van der Waals surface area (Å²) in [6.45, 7) is 4.64. The van der Waals surface area contributed by atoms with Crippen molar-refractivity contribution in [3.8, 4) is 0 Å². The molecule has 1 N–H and O–H groups in total. The van der Waals surface area contributed by atoms with Crippen LogP contribution < -0.4 is 0 Å². The number of benzene rings is 1. The van der Waals surface area contributed by atoms with Gasteiger partial charge in [0.1, 0.15) is 0 Å². The molecule has 0 radical (unpaired) electrons. The molecule has 3 nitrogen and oxygen atoms in total. The van der Waals surface area contributed by atoms with Crippen molar-refractivity contribution in [3.63, 3.8) is 0 Å². The second kappa shape index (κ2) is 4.16. The molecule has 1 aromatic carbocycles. The van der Waals surface area contributed by atoms with E-state index in [1.807, 2.05) is 11.0 Å². The van der Waals surface area contributed by atoms with Crippen LogP contribution in [-0.2, 0) is 11.2 Å². The molecule has 0 aliphatic carbocycles. The number of nitrogens with one attached hydrogen (secondary N) is 1. The number of rotatable bonds is 1. The quantitative estimate of drug-likeness (QED) is 0.819. The van der Waals surface area contributed by atoms with E-state index in [9.17, 15) is 4.79 Å². The van der Waals surface area contributed by atoms with E-state index >= 15 is 0 Å². The first-order valence-electron chi connectivity index (χ1n) is 6.59. The minimum Gasteiger partial charge on any atom is -0.356 e. The number of carbonyl (C=O) groups is 1. The lowest BCUT2D eigenvalue weighted by molar-refractivity contribution is -0.131. The van der Waals surface area contributed by atoms with E-state index in [0.29, 0.717) is 0 Å². The van der Waals surface area contributed by atoms with Crippen molar-refractivity contribution in [1.29, 1.82) is 0 Å². The highest BCUT2D eigenvalue weighted by atomic mass is 16.2. The summed E-state index contributed by atoms with van der Waals surface area (Å²) in [5.74, 6) is 0.172. The Kier molecular flexibility index (Phi) is 2.62. The first-order chi connectivity index (χ1) is 8.72. The molecule has 3 rings (SSSR count). The van der Waals surface area contributed by atoms with Crippen LogP contribution in [-0.4, -0.2) is 22.3 Å². The summed E-state index contributed by atoms with van der Waals surface area (Å²) in [6, 6.07) is 8.61. The average molecular weight is 242 g/mol. The van der Waals surface area contributed by atoms with E-state index in [-0.39, 0.29) is 11.9 Å². The third-order valence-electron chi connectivity index (χ3n) is 3.95. The Balaban J connectivity index is 2.16. The lowest BCUT2D eigenvalue weighted by atomic mass is 9.96. The number of aromatic nitrogens is 1. The third kappa shape index (κ3) is 1.54. The fourth-order valence-corrected chi connectivity index (χ4v) is 3.12. The topological polar surface area (TPSA) is 36.1 Å². The van der Waals surface area contributed by atoms with E-state index in [0.717, 1.165) is 19.4 Å². The molecular formula is C15H18N2O. The molecule has 1 aliphatic rings. The van der Waals surface area contributed by atoms with Gasteiger partial charge in [-0.25, -0.2) is 0 Å². The van der Waals surface area contributed by atoms with Gasteiger partial charge in [-0.05, 0) is 24.5 Å². The molecule has 0 bridgehead atoms. The normalized spacial score (nSPS) is 19.0. The van der Waals surface area contributed by atoms with Crippen LogP contribution in [0.4, 0.5) is 0 Å². The van der Waals surface area contributed by atoms with Crippen LogP contribution in [0.5, 0.6) is 0 Å². The monoisotopic (exact) mass is 242 g/mol. The Hall–Kier alpha value is -1.77. The predicted molar refractivity (Wildman–Crippen MR) is 72.4 cm³/mol. The zero-order valence-electron chi connectivity index (χ0n) is 10.9. The van der Waals surface area contributed by atoms with Crippen molar-refractivity contribution in [2.45, 2.75) is 32.7 Å². The molecule has 0 spiro atoms. The second-order valence-electron chi connectivity index (χ2n) is 4.95. The summed E-state index contributed by atoms with van der Waals surface area (Å²) in [6.07, 6.45) is 1.91. The summed E-state index contributed by atoms with van der Waals surface area (Å²) in [5, 5.41) is 1.31. The lowest BCUT2D eigenvalue weighted by Gasteiger charge is -2.34. The fourth-order valence-electron chi connectivity index (χ4n) is 3.12. The predicted octanol–water partition coefficient (Wildman–Crippen LogP) is 3.02. The Morgan fingerprint density at radius 3 is 2.94 bits per heavy atom. The van der Waals surface area contributed by atoms with Crippen LogP contribution in [0.25, 0.3) is 10.9 Å². The van der Waals surface area contributed by atoms with Gasteiger partial charge >= 0.3 is 0 Å². The first kappa shape index (κ1) is 11.3. The molecule has 1 aromatic heterocycles. The van der Waals surface area contributed by atoms with E-state index in [1.54, 1.807) is 6.92 Å². The van der Waals surface area contributed by atoms with Gasteiger partial charge in [0.15, 0.2) is 0 Å². The summed E-state index contributed by atoms with van der Waals surface area (Å²) >= 11 is 0. The van der Waals surface area contributed by atoms with Gasteiger partial charge in [0.25, 0.3) is 0 Å². The highest BCUT2D eigenvalue weighted by molar-refractivity contribution is 5.86. The van der Waals surface area contributed by atoms with Crippen molar-refractivity contribution in [1.82, 2.24) is 9.88 Å². The Bertz CT molecular complexity index is 600. The molecule has 1 aliphatic heterocycles. The van der Waals surface area contributed by atoms with Gasteiger partial charge in [0.05, 0.1) is 6.04 Å². The van der Waals surface area contributed by atoms with Crippen molar-refractivity contribution < 1.29 is 4.79 Å². The maximum absolute atomic E-state index is 11.7. The second-order valence-corrected chi connectivity index (χ2v) is 4.95. The van der Waals surface area contributed by atoms with Crippen LogP contribution in [0.2, 0.25) is 0 Å². The summed E-state index contributed by atoms with van der Waals surface area (Å²) in [5.41, 5.74) is 3.82. The average Bonchev–Trinajstić information content (AvgIpc) is 2.75. The number of fused-ring (bicyclic) bond motifs is 3. The summed E-state index contributed by atoms with van der Waals surface area (Å²) in [7, 11) is 0. The van der Waals surface area contributed by atoms with Crippen molar-refractivity contribution in [3.05, 3.63) is 35.5 Å². The number of H-pyrrole nitrogens is 1. The summed E-state index contributed by atoms with van der Waals surface area (Å²) in [4.78, 5) is 17.2. The van der Waals surface area contributed by atoms with Crippen LogP contribution >= 0.6 is 0 Å². The van der Waals surface area contributed by atoms with Crippen molar-refractivity contribution in [2.24, 2.45) is 0 Å². The van der Waals surface area contributed by atoms with Gasteiger partial charge in [-0.1, -0.05) is 25.1 Å². The molecule has 1 unspecified atom stereocenters. The smallest absolute Gasteiger partial charge is 0.220 e. The van der Waals surface area contributed by atoms with Crippen LogP contribution in [0.15, 0.2) is 24.3 Å². The fraction of sp³-hybridized carbons (Fsp3) is 0.400. The minimum absolute atomic E-state index is 0.172. The Labute approximate surface area is 107 Å². The standard InChI is InChI=1S/C15H18N2O/c1-3-14-15-12(8-9-17(14)10(2)18)11-6-4-5-7-13(11)16-15/h4-7,14,16H,3,8-9H2,1-2H3. The lowest BCUT2D eigenvalue weighted by Crippen LogP contribution is -2.38. The molecule has 3 heteroatoms. The number of hydrogen-bond donors (Lipinski definition) is 1. The minimum atomic E-state index is 0.172. The zero-order valence-corrected chi connectivity index (χ0v) is 10.9. The molecule has 18 heavy (non-hydrogen) atoms. The van der Waals surface area contributed by atoms with Crippen LogP contribution in [0, 0.1) is 0 Å². The molecule has 0 saturated carbocycles. The molecule has 1 amide bonds. The molecule has 0 saturated heterocycles. The number of para-hydroxylation sites is 1. The molecule has 1 atom stereocenters. The zero-order chi connectivity index (χ0) is 12.7. The third-order valence-corrected chi connectivity index (χ3v) is 3.95. The first-order valence-corrected chi connectivity index (χ1v) is 6.59. The Morgan fingerprint density at radius 1 is 1.44 bits per heavy atom. The number of hydrogen-bond acceptors (Lipinski definition) is 1. The van der Waals surface area contributed by atoms with E-state index in [4.69, 9.17) is 0 Å². The molecule has 2 aromatic rings. The van der Waals surface area contributed by atoms with Gasteiger partial charge in [0.2, 0.25) is 5.91 Å². The van der Waals surface area contributed by atoms with Gasteiger partial charge in [-0.3, -0.25) is 4.79 Å². The van der Waals surface area contributed by atoms with Crippen LogP contribution in [0.1, 0.15) is 37.6 Å². The SMILES string of the molecule is CCC1c2[nH]c3ccccc3c2CCN1C(C)=O. The molecule has 94 valence electrons. The van der Waals surface area contributed by atoms with Gasteiger partial charge in [0, 0.05) is 30.1 Å². The summed E-state index contributed by atoms with van der Waals surface area (Å²) < 4.78 is 0. The number of aromatic amines is 1. The maximum atomic E-state index is 11.7. The largest absolute Gasteiger partial charge is 0.356 e. The highest BCUT2D eigenvalue weighted by Gasteiger charge is 2.30. The van der Waals surface area contributed by atoms with Gasteiger partial charge in [-0.15, -0.1) is 0 Å². The van der Waals surface area contributed by atoms with E-state index < -0.39 is 0 Å². The van der Waals surface area contributed by atoms with Gasteiger partial charge in [-0.2, -0.15) is 0 Å². The Morgan fingerprint density at radius 2 is 2.22 bits per heavy atom. The van der Waals surface area contributed by atoms with E-state index in [1.165, 1.54) is 22.2 Å². The van der Waals surface area contributed by atoms with E-state index in [2.05, 4.69) is 30.1 Å². The number of nitrogens with zero attached hydrogens (tertiary/aromatic N) is 1. The highest BCUT2D eigenvalue weighted by Crippen LogP contribution is 2.35. The van der Waals surface area contributed by atoms with Gasteiger partial charge < -0.3 is 9.88 Å². The maximum Gasteiger partial charge on any atom is 0.220 e. The number of amides is 1. The molecule has 2 heterocycles.